The first-order valence-electron chi connectivity index (χ1n) is 8.84. The van der Waals surface area contributed by atoms with Gasteiger partial charge < -0.3 is 19.8 Å². The SMILES string of the molecule is CNc1ccc(S(=O)(=O)NCC(=O)OCC(=O)NC(=O)NCc2ccco2)cc1[N+](=O)[O-]. The molecule has 0 radical (unpaired) electrons. The van der Waals surface area contributed by atoms with Crippen molar-refractivity contribution < 1.29 is 36.9 Å². The number of nitro benzene ring substituents is 1. The fraction of sp³-hybridized carbons (Fsp3) is 0.235. The van der Waals surface area contributed by atoms with E-state index in [1.165, 1.54) is 19.4 Å². The molecule has 2 rings (SSSR count). The van der Waals surface area contributed by atoms with E-state index >= 15 is 0 Å². The number of carbonyl (C=O) groups is 3. The average molecular weight is 469 g/mol. The Bertz CT molecular complexity index is 1100. The number of benzene rings is 1. The summed E-state index contributed by atoms with van der Waals surface area (Å²) < 4.78 is 36.0. The molecule has 0 saturated heterocycles. The van der Waals surface area contributed by atoms with Crippen LogP contribution in [-0.2, 0) is 30.9 Å². The summed E-state index contributed by atoms with van der Waals surface area (Å²) >= 11 is 0. The summed E-state index contributed by atoms with van der Waals surface area (Å²) in [5, 5.41) is 17.9. The molecule has 0 atom stereocenters. The third-order valence-electron chi connectivity index (χ3n) is 3.77. The molecule has 0 spiro atoms. The number of nitrogens with zero attached hydrogens (tertiary/aromatic N) is 1. The maximum absolute atomic E-state index is 12.3. The molecule has 1 aromatic carbocycles. The highest BCUT2D eigenvalue weighted by Gasteiger charge is 2.22. The molecule has 32 heavy (non-hydrogen) atoms. The zero-order valence-corrected chi connectivity index (χ0v) is 17.4. The molecule has 0 bridgehead atoms. The highest BCUT2D eigenvalue weighted by atomic mass is 32.2. The summed E-state index contributed by atoms with van der Waals surface area (Å²) in [5.74, 6) is -1.60. The van der Waals surface area contributed by atoms with Crippen molar-refractivity contribution in [2.24, 2.45) is 0 Å². The van der Waals surface area contributed by atoms with E-state index < -0.39 is 56.6 Å². The zero-order chi connectivity index (χ0) is 23.7. The number of rotatable bonds is 10. The van der Waals surface area contributed by atoms with Crippen molar-refractivity contribution in [3.63, 3.8) is 0 Å². The number of urea groups is 1. The Kier molecular flexibility index (Phi) is 8.25. The van der Waals surface area contributed by atoms with Gasteiger partial charge in [-0.3, -0.25) is 25.0 Å². The van der Waals surface area contributed by atoms with Crippen molar-refractivity contribution in [2.75, 3.05) is 25.5 Å². The summed E-state index contributed by atoms with van der Waals surface area (Å²) in [7, 11) is -2.85. The number of esters is 1. The number of furan rings is 1. The van der Waals surface area contributed by atoms with E-state index in [0.29, 0.717) is 5.76 Å². The number of amides is 3. The molecule has 0 aliphatic heterocycles. The number of hydrogen-bond acceptors (Lipinski definition) is 10. The Hall–Kier alpha value is -3.98. The van der Waals surface area contributed by atoms with E-state index in [9.17, 15) is 32.9 Å². The minimum Gasteiger partial charge on any atom is -0.467 e. The Morgan fingerprint density at radius 2 is 1.97 bits per heavy atom. The van der Waals surface area contributed by atoms with Gasteiger partial charge in [-0.25, -0.2) is 13.2 Å². The number of anilines is 1. The smallest absolute Gasteiger partial charge is 0.321 e. The second-order valence-corrected chi connectivity index (χ2v) is 7.75. The van der Waals surface area contributed by atoms with Gasteiger partial charge in [0.2, 0.25) is 10.0 Å². The second kappa shape index (κ2) is 10.9. The van der Waals surface area contributed by atoms with E-state index in [2.05, 4.69) is 15.4 Å². The number of ether oxygens (including phenoxy) is 1. The molecule has 0 unspecified atom stereocenters. The quantitative estimate of drug-likeness (QED) is 0.210. The van der Waals surface area contributed by atoms with Crippen LogP contribution in [0.2, 0.25) is 0 Å². The van der Waals surface area contributed by atoms with Crippen LogP contribution in [0, 0.1) is 10.1 Å². The highest BCUT2D eigenvalue weighted by Crippen LogP contribution is 2.26. The van der Waals surface area contributed by atoms with Gasteiger partial charge in [0.25, 0.3) is 11.6 Å². The Balaban J connectivity index is 1.80. The molecule has 3 amide bonds. The maximum atomic E-state index is 12.3. The lowest BCUT2D eigenvalue weighted by molar-refractivity contribution is -0.384. The molecule has 0 aliphatic rings. The number of imide groups is 1. The van der Waals surface area contributed by atoms with E-state index in [4.69, 9.17) is 4.42 Å². The van der Waals surface area contributed by atoms with Gasteiger partial charge in [-0.05, 0) is 24.3 Å². The van der Waals surface area contributed by atoms with Crippen molar-refractivity contribution in [1.29, 1.82) is 0 Å². The van der Waals surface area contributed by atoms with Crippen LogP contribution in [0.1, 0.15) is 5.76 Å². The van der Waals surface area contributed by atoms with Gasteiger partial charge in [0.05, 0.1) is 22.6 Å². The lowest BCUT2D eigenvalue weighted by Gasteiger charge is -2.09. The van der Waals surface area contributed by atoms with Gasteiger partial charge >= 0.3 is 12.0 Å². The molecule has 172 valence electrons. The van der Waals surface area contributed by atoms with Crippen LogP contribution in [-0.4, -0.2) is 51.4 Å². The Morgan fingerprint density at radius 3 is 2.59 bits per heavy atom. The molecule has 0 aliphatic carbocycles. The van der Waals surface area contributed by atoms with Gasteiger partial charge in [0, 0.05) is 13.1 Å². The molecule has 14 nitrogen and oxygen atoms in total. The fourth-order valence-corrected chi connectivity index (χ4v) is 3.25. The molecule has 0 saturated carbocycles. The molecule has 0 fully saturated rings. The van der Waals surface area contributed by atoms with Crippen LogP contribution in [0.15, 0.2) is 45.9 Å². The largest absolute Gasteiger partial charge is 0.467 e. The summed E-state index contributed by atoms with van der Waals surface area (Å²) in [5.41, 5.74) is -0.368. The molecule has 4 N–H and O–H groups in total. The number of sulfonamides is 1. The molecule has 1 heterocycles. The van der Waals surface area contributed by atoms with Gasteiger partial charge in [0.1, 0.15) is 18.0 Å². The zero-order valence-electron chi connectivity index (χ0n) is 16.6. The van der Waals surface area contributed by atoms with E-state index in [1.54, 1.807) is 12.1 Å². The number of nitro groups is 1. The fourth-order valence-electron chi connectivity index (χ4n) is 2.26. The minimum atomic E-state index is -4.28. The lowest BCUT2D eigenvalue weighted by Crippen LogP contribution is -2.41. The number of nitrogens with one attached hydrogen (secondary N) is 4. The summed E-state index contributed by atoms with van der Waals surface area (Å²) in [6, 6.07) is 5.52. The first-order valence-corrected chi connectivity index (χ1v) is 10.3. The summed E-state index contributed by atoms with van der Waals surface area (Å²) in [4.78, 5) is 44.7. The first kappa shape index (κ1) is 24.3. The Labute approximate surface area is 181 Å². The second-order valence-electron chi connectivity index (χ2n) is 5.98. The minimum absolute atomic E-state index is 0.0289. The monoisotopic (exact) mass is 469 g/mol. The molecular weight excluding hydrogens is 450 g/mol. The number of hydrogen-bond donors (Lipinski definition) is 4. The normalized spacial score (nSPS) is 10.8. The third kappa shape index (κ3) is 7.06. The van der Waals surface area contributed by atoms with Gasteiger partial charge in [0.15, 0.2) is 6.61 Å². The van der Waals surface area contributed by atoms with Gasteiger partial charge in [-0.15, -0.1) is 0 Å². The van der Waals surface area contributed by atoms with E-state index in [0.717, 1.165) is 12.1 Å². The summed E-state index contributed by atoms with van der Waals surface area (Å²) in [6.45, 7) is -1.65. The first-order chi connectivity index (χ1) is 15.1. The molecular formula is C17H19N5O9S. The topological polar surface area (TPSA) is 199 Å². The predicted molar refractivity (Wildman–Crippen MR) is 108 cm³/mol. The molecule has 2 aromatic rings. The van der Waals surface area contributed by atoms with Gasteiger partial charge in [-0.2, -0.15) is 4.72 Å². The van der Waals surface area contributed by atoms with Crippen molar-refractivity contribution in [3.8, 4) is 0 Å². The van der Waals surface area contributed by atoms with Crippen LogP contribution >= 0.6 is 0 Å². The highest BCUT2D eigenvalue weighted by molar-refractivity contribution is 7.89. The van der Waals surface area contributed by atoms with Crippen LogP contribution in [0.3, 0.4) is 0 Å². The van der Waals surface area contributed by atoms with Crippen LogP contribution in [0.25, 0.3) is 0 Å². The van der Waals surface area contributed by atoms with Crippen LogP contribution in [0.4, 0.5) is 16.2 Å². The number of carbonyl (C=O) groups excluding carboxylic acids is 3. The standard InChI is InChI=1S/C17H19N5O9S/c1-18-13-5-4-12(7-14(13)22(26)27)32(28,29)20-9-16(24)31-10-15(23)21-17(25)19-8-11-3-2-6-30-11/h2-7,18,20H,8-10H2,1H3,(H2,19,21,23,25). The van der Waals surface area contributed by atoms with Crippen LogP contribution < -0.4 is 20.7 Å². The van der Waals surface area contributed by atoms with E-state index in [-0.39, 0.29) is 12.2 Å². The average Bonchev–Trinajstić information content (AvgIpc) is 3.28. The van der Waals surface area contributed by atoms with Crippen molar-refractivity contribution in [2.45, 2.75) is 11.4 Å². The van der Waals surface area contributed by atoms with Crippen molar-refractivity contribution >= 4 is 39.3 Å². The Morgan fingerprint density at radius 1 is 1.22 bits per heavy atom. The molecule has 15 heteroatoms. The van der Waals surface area contributed by atoms with Crippen molar-refractivity contribution in [3.05, 3.63) is 52.5 Å². The maximum Gasteiger partial charge on any atom is 0.321 e. The van der Waals surface area contributed by atoms with Crippen LogP contribution in [0.5, 0.6) is 0 Å². The third-order valence-corrected chi connectivity index (χ3v) is 5.17. The molecule has 1 aromatic heterocycles. The lowest BCUT2D eigenvalue weighted by atomic mass is 10.3. The predicted octanol–water partition coefficient (Wildman–Crippen LogP) is 0.0770. The van der Waals surface area contributed by atoms with E-state index in [1.807, 2.05) is 10.0 Å². The van der Waals surface area contributed by atoms with Crippen molar-refractivity contribution in [1.82, 2.24) is 15.4 Å². The summed E-state index contributed by atoms with van der Waals surface area (Å²) in [6.07, 6.45) is 1.41. The van der Waals surface area contributed by atoms with Gasteiger partial charge in [-0.1, -0.05) is 0 Å².